The monoisotopic (exact) mass is 128 g/mol. The van der Waals surface area contributed by atoms with Crippen LogP contribution in [-0.2, 0) is 4.74 Å². The van der Waals surface area contributed by atoms with Gasteiger partial charge < -0.3 is 4.74 Å². The van der Waals surface area contributed by atoms with Crippen LogP contribution in [-0.4, -0.2) is 25.3 Å². The maximum Gasteiger partial charge on any atom is 0.0688 e. The lowest BCUT2D eigenvalue weighted by atomic mass is 10.2. The molecule has 1 aliphatic heterocycles. The first-order chi connectivity index (χ1) is 4.33. The van der Waals surface area contributed by atoms with E-state index in [0.29, 0.717) is 12.1 Å². The van der Waals surface area contributed by atoms with Crippen molar-refractivity contribution in [1.82, 2.24) is 5.32 Å². The van der Waals surface area contributed by atoms with Gasteiger partial charge >= 0.3 is 0 Å². The molecule has 0 spiro atoms. The third kappa shape index (κ3) is 1.95. The molecule has 2 atom stereocenters. The third-order valence-electron chi connectivity index (χ3n) is 1.67. The zero-order valence-electron chi connectivity index (χ0n) is 6.13. The molecule has 1 fully saturated rings. The average Bonchev–Trinajstić information content (AvgIpc) is 1.90. The molecule has 0 amide bonds. The molecule has 0 aromatic heterocycles. The highest BCUT2D eigenvalue weighted by Crippen LogP contribution is 2.03. The quantitative estimate of drug-likeness (QED) is 0.512. The van der Waals surface area contributed by atoms with Crippen LogP contribution in [0.25, 0.3) is 0 Å². The lowest BCUT2D eigenvalue weighted by Crippen LogP contribution is -2.39. The Labute approximate surface area is 56.6 Å². The number of hydrogen-bond acceptors (Lipinski definition) is 1. The second-order valence-electron chi connectivity index (χ2n) is 2.57. The van der Waals surface area contributed by atoms with Crippen LogP contribution in [0.5, 0.6) is 0 Å². The lowest BCUT2D eigenvalue weighted by Gasteiger charge is -2.25. The Morgan fingerprint density at radius 1 is 1.67 bits per heavy atom. The highest BCUT2D eigenvalue weighted by Gasteiger charge is 2.16. The molecular weight excluding hydrogens is 114 g/mol. The Hall–Kier alpha value is -0.0800. The summed E-state index contributed by atoms with van der Waals surface area (Å²) >= 11 is 0. The molecule has 1 radical (unpaired) electrons. The summed E-state index contributed by atoms with van der Waals surface area (Å²) in [5.41, 5.74) is 0. The minimum atomic E-state index is 0.354. The van der Waals surface area contributed by atoms with Gasteiger partial charge in [-0.3, -0.25) is 0 Å². The van der Waals surface area contributed by atoms with Gasteiger partial charge in [-0.2, -0.15) is 0 Å². The van der Waals surface area contributed by atoms with E-state index in [4.69, 9.17) is 4.74 Å². The van der Waals surface area contributed by atoms with E-state index in [1.54, 1.807) is 0 Å². The maximum atomic E-state index is 5.39. The van der Waals surface area contributed by atoms with Crippen LogP contribution in [0.4, 0.5) is 0 Å². The van der Waals surface area contributed by atoms with Gasteiger partial charge in [0.1, 0.15) is 0 Å². The minimum Gasteiger partial charge on any atom is -0.375 e. The molecule has 2 unspecified atom stereocenters. The van der Waals surface area contributed by atoms with Gasteiger partial charge in [0.15, 0.2) is 0 Å². The summed E-state index contributed by atoms with van der Waals surface area (Å²) in [5, 5.41) is 4.40. The first-order valence-electron chi connectivity index (χ1n) is 3.61. The summed E-state index contributed by atoms with van der Waals surface area (Å²) in [5.74, 6) is 0. The third-order valence-corrected chi connectivity index (χ3v) is 1.67. The van der Waals surface area contributed by atoms with E-state index >= 15 is 0 Å². The molecule has 2 heteroatoms. The summed E-state index contributed by atoms with van der Waals surface area (Å²) < 4.78 is 5.39. The zero-order chi connectivity index (χ0) is 6.69. The first-order valence-corrected chi connectivity index (χ1v) is 3.61. The van der Waals surface area contributed by atoms with Crippen molar-refractivity contribution in [2.75, 3.05) is 13.2 Å². The molecule has 0 bridgehead atoms. The Bertz CT molecular complexity index is 77.0. The smallest absolute Gasteiger partial charge is 0.0688 e. The lowest BCUT2D eigenvalue weighted by molar-refractivity contribution is 0.0126. The molecule has 1 aliphatic rings. The van der Waals surface area contributed by atoms with Crippen LogP contribution in [0.15, 0.2) is 0 Å². The first kappa shape index (κ1) is 7.03. The van der Waals surface area contributed by atoms with Gasteiger partial charge in [-0.1, -0.05) is 6.92 Å². The Morgan fingerprint density at radius 3 is 2.89 bits per heavy atom. The van der Waals surface area contributed by atoms with E-state index in [1.807, 2.05) is 0 Å². The second kappa shape index (κ2) is 3.18. The summed E-state index contributed by atoms with van der Waals surface area (Å²) in [6, 6.07) is 0.473. The molecule has 1 saturated heterocycles. The van der Waals surface area contributed by atoms with Crippen LogP contribution in [0.1, 0.15) is 20.3 Å². The number of hydrogen-bond donors (Lipinski definition) is 0. The fourth-order valence-electron chi connectivity index (χ4n) is 0.925. The van der Waals surface area contributed by atoms with Crippen LogP contribution in [0.2, 0.25) is 0 Å². The predicted molar refractivity (Wildman–Crippen MR) is 36.5 cm³/mol. The van der Waals surface area contributed by atoms with Crippen molar-refractivity contribution in [2.45, 2.75) is 32.4 Å². The van der Waals surface area contributed by atoms with Gasteiger partial charge in [0.05, 0.1) is 12.7 Å². The Morgan fingerprint density at radius 2 is 2.44 bits per heavy atom. The topological polar surface area (TPSA) is 23.3 Å². The van der Waals surface area contributed by atoms with Gasteiger partial charge in [0, 0.05) is 12.6 Å². The summed E-state index contributed by atoms with van der Waals surface area (Å²) in [6.45, 7) is 5.93. The molecule has 9 heavy (non-hydrogen) atoms. The number of morpholine rings is 1. The number of rotatable bonds is 1. The number of nitrogens with zero attached hydrogens (tertiary/aromatic N) is 1. The molecule has 1 rings (SSSR count). The van der Waals surface area contributed by atoms with Crippen LogP contribution in [0, 0.1) is 0 Å². The minimum absolute atomic E-state index is 0.354. The van der Waals surface area contributed by atoms with Gasteiger partial charge in [0.25, 0.3) is 0 Å². The van der Waals surface area contributed by atoms with Gasteiger partial charge in [0.2, 0.25) is 0 Å². The van der Waals surface area contributed by atoms with Crippen molar-refractivity contribution in [2.24, 2.45) is 0 Å². The van der Waals surface area contributed by atoms with Crippen molar-refractivity contribution in [3.05, 3.63) is 0 Å². The molecule has 1 heterocycles. The second-order valence-corrected chi connectivity index (χ2v) is 2.57. The Kier molecular flexibility index (Phi) is 2.49. The van der Waals surface area contributed by atoms with Gasteiger partial charge in [-0.25, -0.2) is 5.32 Å². The van der Waals surface area contributed by atoms with E-state index < -0.39 is 0 Å². The predicted octanol–water partition coefficient (Wildman–Crippen LogP) is 0.788. The summed E-state index contributed by atoms with van der Waals surface area (Å²) in [4.78, 5) is 0. The zero-order valence-corrected chi connectivity index (χ0v) is 6.13. The van der Waals surface area contributed by atoms with E-state index in [9.17, 15) is 0 Å². The average molecular weight is 128 g/mol. The normalized spacial score (nSPS) is 36.7. The van der Waals surface area contributed by atoms with Crippen LogP contribution < -0.4 is 5.32 Å². The van der Waals surface area contributed by atoms with Crippen molar-refractivity contribution < 1.29 is 4.74 Å². The summed E-state index contributed by atoms with van der Waals surface area (Å²) in [7, 11) is 0. The van der Waals surface area contributed by atoms with Crippen molar-refractivity contribution >= 4 is 0 Å². The number of ether oxygens (including phenoxy) is 1. The standard InChI is InChI=1S/C7H14NO/c1-3-7-5-9-6(2)4-8-7/h6-7H,3-5H2,1-2H3. The van der Waals surface area contributed by atoms with Crippen molar-refractivity contribution in [3.63, 3.8) is 0 Å². The van der Waals surface area contributed by atoms with E-state index in [0.717, 1.165) is 19.6 Å². The SMILES string of the molecule is CCC1COC(C)C[N]1. The van der Waals surface area contributed by atoms with Crippen LogP contribution in [0.3, 0.4) is 0 Å². The molecule has 0 N–H and O–H groups in total. The fourth-order valence-corrected chi connectivity index (χ4v) is 0.925. The highest BCUT2D eigenvalue weighted by molar-refractivity contribution is 4.71. The van der Waals surface area contributed by atoms with E-state index in [-0.39, 0.29) is 0 Å². The summed E-state index contributed by atoms with van der Waals surface area (Å²) in [6.07, 6.45) is 1.47. The molecule has 0 aliphatic carbocycles. The van der Waals surface area contributed by atoms with Gasteiger partial charge in [-0.05, 0) is 13.3 Å². The fraction of sp³-hybridized carbons (Fsp3) is 1.00. The molecule has 2 nitrogen and oxygen atoms in total. The molecule has 53 valence electrons. The van der Waals surface area contributed by atoms with Crippen molar-refractivity contribution in [3.8, 4) is 0 Å². The molecule has 0 saturated carbocycles. The van der Waals surface area contributed by atoms with E-state index in [2.05, 4.69) is 19.2 Å². The molecule has 0 aromatic carbocycles. The molecule has 0 aromatic rings. The maximum absolute atomic E-state index is 5.39. The highest BCUT2D eigenvalue weighted by atomic mass is 16.5. The van der Waals surface area contributed by atoms with Gasteiger partial charge in [-0.15, -0.1) is 0 Å². The molecular formula is C7H14NO. The van der Waals surface area contributed by atoms with E-state index in [1.165, 1.54) is 0 Å². The largest absolute Gasteiger partial charge is 0.375 e. The van der Waals surface area contributed by atoms with Crippen molar-refractivity contribution in [1.29, 1.82) is 0 Å². The Balaban J connectivity index is 2.18. The van der Waals surface area contributed by atoms with Crippen LogP contribution >= 0.6 is 0 Å².